The van der Waals surface area contributed by atoms with Crippen LogP contribution in [0.3, 0.4) is 0 Å². The first-order valence-electron chi connectivity index (χ1n) is 9.59. The van der Waals surface area contributed by atoms with Crippen molar-refractivity contribution in [2.45, 2.75) is 6.04 Å². The highest BCUT2D eigenvalue weighted by Crippen LogP contribution is 2.24. The smallest absolute Gasteiger partial charge is 0.215 e. The van der Waals surface area contributed by atoms with Crippen molar-refractivity contribution in [1.82, 2.24) is 15.3 Å². The zero-order valence-electron chi connectivity index (χ0n) is 16.1. The molecule has 1 unspecified atom stereocenters. The average Bonchev–Trinajstić information content (AvgIpc) is 2.79. The van der Waals surface area contributed by atoms with Crippen LogP contribution in [0.2, 0.25) is 0 Å². The largest absolute Gasteiger partial charge is 0.383 e. The van der Waals surface area contributed by atoms with Crippen LogP contribution in [0.1, 0.15) is 33.2 Å². The number of nitrogen functional groups attached to an aromatic ring is 1. The second-order valence-electron chi connectivity index (χ2n) is 6.94. The Morgan fingerprint density at radius 3 is 2.76 bits per heavy atom. The van der Waals surface area contributed by atoms with Crippen molar-refractivity contribution in [2.24, 2.45) is 0 Å². The standard InChI is InChI=1S/C23H23N5O/c1-2-16-10-11-20(27-21(16)22(29)18-9-6-12-26-23(18)24)28-14-13-25-19(15-28)17-7-4-3-5-8-17/h2-12,19,25H,1,13-15H2,(H2,24,26). The minimum atomic E-state index is -0.248. The quantitative estimate of drug-likeness (QED) is 0.657. The number of pyridine rings is 2. The lowest BCUT2D eigenvalue weighted by Gasteiger charge is -2.35. The number of carbonyl (C=O) groups excluding carboxylic acids is 1. The number of hydrogen-bond acceptors (Lipinski definition) is 6. The second-order valence-corrected chi connectivity index (χ2v) is 6.94. The molecule has 29 heavy (non-hydrogen) atoms. The number of aromatic nitrogens is 2. The number of hydrogen-bond donors (Lipinski definition) is 2. The molecule has 3 aromatic rings. The minimum Gasteiger partial charge on any atom is -0.383 e. The van der Waals surface area contributed by atoms with E-state index in [1.807, 2.05) is 30.3 Å². The van der Waals surface area contributed by atoms with Crippen LogP contribution in [0.5, 0.6) is 0 Å². The number of rotatable bonds is 5. The van der Waals surface area contributed by atoms with Gasteiger partial charge >= 0.3 is 0 Å². The summed E-state index contributed by atoms with van der Waals surface area (Å²) in [7, 11) is 0. The first-order chi connectivity index (χ1) is 14.2. The molecule has 1 fully saturated rings. The third kappa shape index (κ3) is 3.88. The van der Waals surface area contributed by atoms with Crippen molar-refractivity contribution >= 4 is 23.5 Å². The molecule has 1 saturated heterocycles. The topological polar surface area (TPSA) is 84.1 Å². The number of nitrogens with one attached hydrogen (secondary N) is 1. The minimum absolute atomic E-state index is 0.200. The molecule has 146 valence electrons. The lowest BCUT2D eigenvalue weighted by molar-refractivity contribution is 0.103. The maximum absolute atomic E-state index is 13.1. The number of nitrogens with two attached hydrogens (primary N) is 1. The third-order valence-corrected chi connectivity index (χ3v) is 5.13. The molecule has 3 heterocycles. The number of benzene rings is 1. The molecule has 2 aromatic heterocycles. The molecule has 0 amide bonds. The Kier molecular flexibility index (Phi) is 5.35. The molecule has 6 heteroatoms. The van der Waals surface area contributed by atoms with Gasteiger partial charge < -0.3 is 16.0 Å². The maximum atomic E-state index is 13.1. The molecular formula is C23H23N5O. The van der Waals surface area contributed by atoms with Crippen molar-refractivity contribution in [3.05, 3.63) is 89.8 Å². The van der Waals surface area contributed by atoms with Crippen LogP contribution >= 0.6 is 0 Å². The summed E-state index contributed by atoms with van der Waals surface area (Å²) in [4.78, 5) is 24.0. The Morgan fingerprint density at radius 2 is 2.00 bits per heavy atom. The number of nitrogens with zero attached hydrogens (tertiary/aromatic N) is 3. The predicted molar refractivity (Wildman–Crippen MR) is 116 cm³/mol. The van der Waals surface area contributed by atoms with Gasteiger partial charge in [0.1, 0.15) is 17.3 Å². The van der Waals surface area contributed by atoms with E-state index < -0.39 is 0 Å². The van der Waals surface area contributed by atoms with E-state index in [-0.39, 0.29) is 17.6 Å². The van der Waals surface area contributed by atoms with Crippen molar-refractivity contribution in [1.29, 1.82) is 0 Å². The summed E-state index contributed by atoms with van der Waals surface area (Å²) in [5.74, 6) is 0.719. The van der Waals surface area contributed by atoms with E-state index in [0.717, 1.165) is 25.5 Å². The van der Waals surface area contributed by atoms with E-state index in [1.165, 1.54) is 5.56 Å². The van der Waals surface area contributed by atoms with Crippen LogP contribution in [-0.4, -0.2) is 35.4 Å². The van der Waals surface area contributed by atoms with E-state index in [2.05, 4.69) is 33.9 Å². The molecule has 6 nitrogen and oxygen atoms in total. The first-order valence-corrected chi connectivity index (χ1v) is 9.59. The van der Waals surface area contributed by atoms with Gasteiger partial charge in [0.05, 0.1) is 5.56 Å². The molecule has 0 saturated carbocycles. The Bertz CT molecular complexity index is 1030. The molecule has 0 radical (unpaired) electrons. The fourth-order valence-electron chi connectivity index (χ4n) is 3.59. The Morgan fingerprint density at radius 1 is 1.17 bits per heavy atom. The molecule has 1 aliphatic rings. The first kappa shape index (κ1) is 18.8. The van der Waals surface area contributed by atoms with Gasteiger partial charge in [-0.3, -0.25) is 4.79 Å². The van der Waals surface area contributed by atoms with Gasteiger partial charge in [-0.2, -0.15) is 0 Å². The van der Waals surface area contributed by atoms with Crippen LogP contribution in [0, 0.1) is 0 Å². The van der Waals surface area contributed by atoms with Crippen LogP contribution in [-0.2, 0) is 0 Å². The number of carbonyl (C=O) groups is 1. The summed E-state index contributed by atoms with van der Waals surface area (Å²) >= 11 is 0. The Labute approximate surface area is 170 Å². The molecule has 1 aromatic carbocycles. The summed E-state index contributed by atoms with van der Waals surface area (Å²) in [5.41, 5.74) is 8.51. The van der Waals surface area contributed by atoms with Crippen LogP contribution < -0.4 is 16.0 Å². The molecule has 0 bridgehead atoms. The average molecular weight is 385 g/mol. The fraction of sp³-hybridized carbons (Fsp3) is 0.174. The fourth-order valence-corrected chi connectivity index (χ4v) is 3.59. The predicted octanol–water partition coefficient (Wildman–Crippen LogP) is 3.08. The lowest BCUT2D eigenvalue weighted by Crippen LogP contribution is -2.46. The van der Waals surface area contributed by atoms with Gasteiger partial charge in [0.25, 0.3) is 0 Å². The van der Waals surface area contributed by atoms with Gasteiger partial charge in [0.15, 0.2) is 0 Å². The van der Waals surface area contributed by atoms with Crippen LogP contribution in [0.15, 0.2) is 67.4 Å². The van der Waals surface area contributed by atoms with Crippen molar-refractivity contribution in [3.8, 4) is 0 Å². The maximum Gasteiger partial charge on any atom is 0.215 e. The van der Waals surface area contributed by atoms with E-state index in [1.54, 1.807) is 24.4 Å². The monoisotopic (exact) mass is 385 g/mol. The molecule has 3 N–H and O–H groups in total. The van der Waals surface area contributed by atoms with Crippen molar-refractivity contribution in [3.63, 3.8) is 0 Å². The molecule has 4 rings (SSSR count). The summed E-state index contributed by atoms with van der Waals surface area (Å²) in [6.07, 6.45) is 3.20. The zero-order valence-corrected chi connectivity index (χ0v) is 16.1. The second kappa shape index (κ2) is 8.24. The van der Waals surface area contributed by atoms with Gasteiger partial charge in [0, 0.05) is 37.4 Å². The molecule has 1 atom stereocenters. The summed E-state index contributed by atoms with van der Waals surface area (Å²) in [6.45, 7) is 6.24. The lowest BCUT2D eigenvalue weighted by atomic mass is 10.0. The van der Waals surface area contributed by atoms with Crippen molar-refractivity contribution < 1.29 is 4.79 Å². The van der Waals surface area contributed by atoms with E-state index in [0.29, 0.717) is 16.8 Å². The Balaban J connectivity index is 1.65. The highest BCUT2D eigenvalue weighted by Gasteiger charge is 2.24. The van der Waals surface area contributed by atoms with Gasteiger partial charge in [-0.05, 0) is 29.8 Å². The highest BCUT2D eigenvalue weighted by atomic mass is 16.1. The molecular weight excluding hydrogens is 362 g/mol. The van der Waals surface area contributed by atoms with E-state index in [9.17, 15) is 4.79 Å². The van der Waals surface area contributed by atoms with Crippen LogP contribution in [0.4, 0.5) is 11.6 Å². The number of piperazine rings is 1. The van der Waals surface area contributed by atoms with Crippen LogP contribution in [0.25, 0.3) is 6.08 Å². The van der Waals surface area contributed by atoms with Gasteiger partial charge in [-0.15, -0.1) is 0 Å². The van der Waals surface area contributed by atoms with E-state index in [4.69, 9.17) is 10.7 Å². The van der Waals surface area contributed by atoms with Gasteiger partial charge in [0.2, 0.25) is 5.78 Å². The van der Waals surface area contributed by atoms with E-state index >= 15 is 0 Å². The molecule has 0 spiro atoms. The third-order valence-electron chi connectivity index (χ3n) is 5.13. The Hall–Kier alpha value is -3.51. The summed E-state index contributed by atoms with van der Waals surface area (Å²) in [6, 6.07) is 17.7. The number of ketones is 1. The highest BCUT2D eigenvalue weighted by molar-refractivity contribution is 6.12. The SMILES string of the molecule is C=Cc1ccc(N2CCNC(c3ccccc3)C2)nc1C(=O)c1cccnc1N. The summed E-state index contributed by atoms with van der Waals surface area (Å²) in [5, 5.41) is 3.55. The van der Waals surface area contributed by atoms with Crippen molar-refractivity contribution in [2.75, 3.05) is 30.3 Å². The molecule has 1 aliphatic heterocycles. The van der Waals surface area contributed by atoms with Gasteiger partial charge in [-0.1, -0.05) is 43.0 Å². The zero-order chi connectivity index (χ0) is 20.2. The summed E-state index contributed by atoms with van der Waals surface area (Å²) < 4.78 is 0. The molecule has 0 aliphatic carbocycles. The number of anilines is 2. The normalized spacial score (nSPS) is 16.4. The van der Waals surface area contributed by atoms with Gasteiger partial charge in [-0.25, -0.2) is 9.97 Å².